The highest BCUT2D eigenvalue weighted by atomic mass is 16.7. The summed E-state index contributed by atoms with van der Waals surface area (Å²) in [5.41, 5.74) is -1.51. The molecule has 4 fully saturated rings. The van der Waals surface area contributed by atoms with E-state index in [9.17, 15) is 29.7 Å². The summed E-state index contributed by atoms with van der Waals surface area (Å²) < 4.78 is 17.5. The maximum absolute atomic E-state index is 13.2. The minimum atomic E-state index is -2.06. The Morgan fingerprint density at radius 2 is 1.97 bits per heavy atom. The summed E-state index contributed by atoms with van der Waals surface area (Å²) in [5, 5.41) is 34.3. The minimum Gasteiger partial charge on any atom is -0.459 e. The van der Waals surface area contributed by atoms with E-state index in [-0.39, 0.29) is 24.9 Å². The highest BCUT2D eigenvalue weighted by Crippen LogP contribution is 2.73. The van der Waals surface area contributed by atoms with Gasteiger partial charge in [-0.1, -0.05) is 33.3 Å². The maximum atomic E-state index is 13.2. The lowest BCUT2D eigenvalue weighted by molar-refractivity contribution is -0.340. The molecule has 3 aliphatic carbocycles. The molecule has 2 aliphatic heterocycles. The second kappa shape index (κ2) is 7.35. The number of hydrogen-bond donors (Lipinski definition) is 3. The van der Waals surface area contributed by atoms with Crippen LogP contribution >= 0.6 is 0 Å². The number of allylic oxidation sites excluding steroid dienone is 1. The van der Waals surface area contributed by atoms with Gasteiger partial charge in [-0.2, -0.15) is 0 Å². The second-order valence-electron chi connectivity index (χ2n) is 11.7. The average molecular weight is 479 g/mol. The molecule has 2 saturated carbocycles. The van der Waals surface area contributed by atoms with Gasteiger partial charge in [0.2, 0.25) is 6.10 Å². The van der Waals surface area contributed by atoms with Gasteiger partial charge in [0.1, 0.15) is 18.3 Å². The average Bonchev–Trinajstić information content (AvgIpc) is 3.03. The normalized spacial score (nSPS) is 51.4. The van der Waals surface area contributed by atoms with Crippen molar-refractivity contribution in [2.45, 2.75) is 77.7 Å². The number of carbonyl (C=O) groups excluding carboxylic acids is 3. The van der Waals surface area contributed by atoms with Crippen LogP contribution < -0.4 is 0 Å². The molecular weight excluding hydrogens is 444 g/mol. The Kier molecular flexibility index (Phi) is 5.17. The zero-order valence-electron chi connectivity index (χ0n) is 20.2. The summed E-state index contributed by atoms with van der Waals surface area (Å²) in [6.07, 6.45) is -2.99. The van der Waals surface area contributed by atoms with E-state index in [1.165, 1.54) is 6.08 Å². The number of ketones is 1. The number of aliphatic hydroxyl groups is 3. The van der Waals surface area contributed by atoms with Crippen molar-refractivity contribution in [3.05, 3.63) is 11.6 Å². The molecule has 34 heavy (non-hydrogen) atoms. The van der Waals surface area contributed by atoms with Crippen molar-refractivity contribution in [1.29, 1.82) is 0 Å². The molecule has 2 saturated heterocycles. The van der Waals surface area contributed by atoms with Gasteiger partial charge in [-0.05, 0) is 37.2 Å². The molecule has 1 spiro atoms. The van der Waals surface area contributed by atoms with Gasteiger partial charge >= 0.3 is 11.9 Å². The molecule has 0 amide bonds. The molecule has 0 aromatic rings. The van der Waals surface area contributed by atoms with E-state index < -0.39 is 76.5 Å². The van der Waals surface area contributed by atoms with E-state index in [4.69, 9.17) is 14.2 Å². The van der Waals surface area contributed by atoms with Crippen LogP contribution in [0.4, 0.5) is 0 Å². The Hall–Kier alpha value is -1.81. The van der Waals surface area contributed by atoms with Gasteiger partial charge in [0, 0.05) is 29.1 Å². The van der Waals surface area contributed by atoms with Gasteiger partial charge in [-0.25, -0.2) is 4.79 Å². The van der Waals surface area contributed by atoms with Crippen molar-refractivity contribution in [2.24, 2.45) is 40.4 Å². The number of hydrogen-bond acceptors (Lipinski definition) is 9. The van der Waals surface area contributed by atoms with E-state index in [0.29, 0.717) is 6.42 Å². The molecule has 9 nitrogen and oxygen atoms in total. The largest absolute Gasteiger partial charge is 0.459 e. The van der Waals surface area contributed by atoms with Gasteiger partial charge in [0.25, 0.3) is 0 Å². The van der Waals surface area contributed by atoms with E-state index >= 15 is 0 Å². The molecule has 2 bridgehead atoms. The van der Waals surface area contributed by atoms with Crippen LogP contribution in [0.2, 0.25) is 0 Å². The van der Waals surface area contributed by atoms with Gasteiger partial charge in [0.15, 0.2) is 11.6 Å². The number of esters is 2. The van der Waals surface area contributed by atoms with Gasteiger partial charge in [-0.15, -0.1) is 0 Å². The predicted molar refractivity (Wildman–Crippen MR) is 116 cm³/mol. The van der Waals surface area contributed by atoms with Crippen LogP contribution in [0.15, 0.2) is 11.6 Å². The standard InChI is InChI=1S/C25H34O9/c1-10(2)6-16(27)34-18-17-12(4)19(28)25(31)22-23(5)13(11(3)7-14(26)20(23)29)8-15(33-21(18)30)24(17,22)9-32-25/h7,10,12-13,15,17-20,22,28-29,31H,6,8-9H2,1-5H3/t12-,13?,15-,17-,18-,19-,20-,22?,23-,24+,25+/m1/s1. The van der Waals surface area contributed by atoms with Gasteiger partial charge < -0.3 is 29.5 Å². The summed E-state index contributed by atoms with van der Waals surface area (Å²) in [5.74, 6) is -6.44. The fourth-order valence-electron chi connectivity index (χ4n) is 8.26. The molecule has 0 aromatic heterocycles. The number of aliphatic hydroxyl groups excluding tert-OH is 2. The Balaban J connectivity index is 1.68. The van der Waals surface area contributed by atoms with Crippen molar-refractivity contribution >= 4 is 17.7 Å². The van der Waals surface area contributed by atoms with E-state index in [2.05, 4.69) is 0 Å². The molecule has 2 unspecified atom stereocenters. The van der Waals surface area contributed by atoms with Crippen molar-refractivity contribution in [3.8, 4) is 0 Å². The number of rotatable bonds is 3. The summed E-state index contributed by atoms with van der Waals surface area (Å²) >= 11 is 0. The van der Waals surface area contributed by atoms with Crippen molar-refractivity contribution < 1.29 is 43.9 Å². The summed E-state index contributed by atoms with van der Waals surface area (Å²) in [6, 6.07) is 0. The third-order valence-electron chi connectivity index (χ3n) is 9.46. The predicted octanol–water partition coefficient (Wildman–Crippen LogP) is 0.734. The first-order chi connectivity index (χ1) is 15.8. The Morgan fingerprint density at radius 3 is 2.62 bits per heavy atom. The molecule has 188 valence electrons. The van der Waals surface area contributed by atoms with Crippen molar-refractivity contribution in [1.82, 2.24) is 0 Å². The third-order valence-corrected chi connectivity index (χ3v) is 9.46. The van der Waals surface area contributed by atoms with E-state index in [1.807, 2.05) is 13.8 Å². The molecule has 11 atom stereocenters. The number of fused-ring (bicyclic) bond motifs is 1. The molecule has 2 heterocycles. The zero-order valence-corrected chi connectivity index (χ0v) is 20.2. The van der Waals surface area contributed by atoms with Gasteiger partial charge in [-0.3, -0.25) is 9.59 Å². The second-order valence-corrected chi connectivity index (χ2v) is 11.7. The highest BCUT2D eigenvalue weighted by molar-refractivity contribution is 5.96. The lowest BCUT2D eigenvalue weighted by atomic mass is 9.38. The first kappa shape index (κ1) is 23.9. The molecular formula is C25H34O9. The highest BCUT2D eigenvalue weighted by Gasteiger charge is 2.83. The number of carbonyl (C=O) groups is 3. The maximum Gasteiger partial charge on any atom is 0.348 e. The minimum absolute atomic E-state index is 0.0209. The lowest BCUT2D eigenvalue weighted by Crippen LogP contribution is -2.78. The molecule has 5 rings (SSSR count). The van der Waals surface area contributed by atoms with E-state index in [0.717, 1.165) is 5.57 Å². The first-order valence-corrected chi connectivity index (χ1v) is 12.1. The SMILES string of the molecule is CC1=CC(=O)[C@@H](O)[C@@]2(C)C1C[C@H]1OC(=O)[C@H](OC(=O)CC(C)C)[C@H]3[C@@H](C)[C@@H](O)[C@]4(O)OC[C@@]31C24. The molecule has 5 aliphatic rings. The molecule has 0 radical (unpaired) electrons. The third kappa shape index (κ3) is 2.72. The Labute approximate surface area is 198 Å². The number of ether oxygens (including phenoxy) is 3. The fraction of sp³-hybridized carbons (Fsp3) is 0.800. The quantitative estimate of drug-likeness (QED) is 0.501. The first-order valence-electron chi connectivity index (χ1n) is 12.1. The molecule has 3 N–H and O–H groups in total. The Morgan fingerprint density at radius 1 is 1.29 bits per heavy atom. The zero-order chi connectivity index (χ0) is 25.0. The van der Waals surface area contributed by atoms with Crippen LogP contribution in [-0.2, 0) is 28.6 Å². The summed E-state index contributed by atoms with van der Waals surface area (Å²) in [6.45, 7) is 8.91. The lowest BCUT2D eigenvalue weighted by Gasteiger charge is -2.68. The summed E-state index contributed by atoms with van der Waals surface area (Å²) in [4.78, 5) is 38.6. The van der Waals surface area contributed by atoms with Gasteiger partial charge in [0.05, 0.1) is 6.61 Å². The molecule has 9 heteroatoms. The van der Waals surface area contributed by atoms with Crippen LogP contribution in [0, 0.1) is 40.4 Å². The topological polar surface area (TPSA) is 140 Å². The smallest absolute Gasteiger partial charge is 0.348 e. The monoisotopic (exact) mass is 478 g/mol. The summed E-state index contributed by atoms with van der Waals surface area (Å²) in [7, 11) is 0. The van der Waals surface area contributed by atoms with Crippen LogP contribution in [-0.4, -0.2) is 69.9 Å². The van der Waals surface area contributed by atoms with Crippen LogP contribution in [0.5, 0.6) is 0 Å². The van der Waals surface area contributed by atoms with Crippen molar-refractivity contribution in [3.63, 3.8) is 0 Å². The fourth-order valence-corrected chi connectivity index (χ4v) is 8.26. The van der Waals surface area contributed by atoms with Crippen LogP contribution in [0.25, 0.3) is 0 Å². The molecule has 0 aromatic carbocycles. The van der Waals surface area contributed by atoms with Crippen LogP contribution in [0.1, 0.15) is 47.5 Å². The van der Waals surface area contributed by atoms with E-state index in [1.54, 1.807) is 20.8 Å². The Bertz CT molecular complexity index is 973. The van der Waals surface area contributed by atoms with Crippen LogP contribution in [0.3, 0.4) is 0 Å². The van der Waals surface area contributed by atoms with Crippen molar-refractivity contribution in [2.75, 3.05) is 6.61 Å².